The summed E-state index contributed by atoms with van der Waals surface area (Å²) >= 11 is 0. The quantitative estimate of drug-likeness (QED) is 0.145. The van der Waals surface area contributed by atoms with Gasteiger partial charge in [-0.2, -0.15) is 0 Å². The highest BCUT2D eigenvalue weighted by molar-refractivity contribution is 6.01. The Hall–Kier alpha value is -6.55. The van der Waals surface area contributed by atoms with Crippen molar-refractivity contribution in [3.63, 3.8) is 0 Å². The highest BCUT2D eigenvalue weighted by atomic mass is 16.5. The second kappa shape index (κ2) is 14.3. The summed E-state index contributed by atoms with van der Waals surface area (Å²) in [5.41, 5.74) is 5.07. The van der Waals surface area contributed by atoms with E-state index in [1.54, 1.807) is 6.07 Å². The number of ether oxygens (including phenoxy) is 2. The van der Waals surface area contributed by atoms with Crippen molar-refractivity contribution in [1.29, 1.82) is 0 Å². The van der Waals surface area contributed by atoms with Crippen LogP contribution < -0.4 is 5.32 Å². The predicted molar refractivity (Wildman–Crippen MR) is 188 cm³/mol. The Morgan fingerprint density at radius 1 is 0.720 bits per heavy atom. The van der Waals surface area contributed by atoms with Crippen LogP contribution in [0.1, 0.15) is 34.3 Å². The molecule has 2 N–H and O–H groups in total. The number of nitrogens with one attached hydrogen (secondary N) is 1. The third kappa shape index (κ3) is 6.86. The number of rotatable bonds is 11. The van der Waals surface area contributed by atoms with Gasteiger partial charge in [0.2, 0.25) is 0 Å². The zero-order chi connectivity index (χ0) is 34.5. The Morgan fingerprint density at radius 3 is 2.10 bits per heavy atom. The molecule has 0 aliphatic heterocycles. The van der Waals surface area contributed by atoms with E-state index >= 15 is 0 Å². The SMILES string of the molecule is O=C(CC[C@H](NC(=O)c1cc(-c2nc3ccccc3c3nc4ccccc4n23)ccc1O)C(=O)OCc1ccccc1)OCc1ccccc1. The Morgan fingerprint density at radius 2 is 1.36 bits per heavy atom. The maximum absolute atomic E-state index is 13.8. The van der Waals surface area contributed by atoms with Crippen molar-refractivity contribution < 1.29 is 29.0 Å². The average molecular weight is 665 g/mol. The predicted octanol–water partition coefficient (Wildman–Crippen LogP) is 6.77. The van der Waals surface area contributed by atoms with Gasteiger partial charge in [-0.3, -0.25) is 14.0 Å². The van der Waals surface area contributed by atoms with Gasteiger partial charge in [-0.05, 0) is 60.0 Å². The first-order chi connectivity index (χ1) is 24.4. The van der Waals surface area contributed by atoms with Crippen LogP contribution in [-0.4, -0.2) is 43.4 Å². The lowest BCUT2D eigenvalue weighted by Crippen LogP contribution is -2.42. The van der Waals surface area contributed by atoms with E-state index in [9.17, 15) is 19.5 Å². The normalized spacial score (nSPS) is 11.8. The third-order valence-electron chi connectivity index (χ3n) is 8.34. The van der Waals surface area contributed by atoms with Gasteiger partial charge in [0.05, 0.1) is 22.1 Å². The Bertz CT molecular complexity index is 2340. The van der Waals surface area contributed by atoms with E-state index in [0.717, 1.165) is 27.5 Å². The van der Waals surface area contributed by atoms with E-state index < -0.39 is 23.9 Å². The van der Waals surface area contributed by atoms with Crippen molar-refractivity contribution in [3.05, 3.63) is 144 Å². The number of aromatic nitrogens is 3. The van der Waals surface area contributed by atoms with Gasteiger partial charge in [0.1, 0.15) is 36.5 Å². The monoisotopic (exact) mass is 664 g/mol. The number of amides is 1. The number of carbonyl (C=O) groups is 3. The molecule has 0 bridgehead atoms. The molecule has 0 radical (unpaired) electrons. The molecule has 0 spiro atoms. The molecule has 0 aliphatic rings. The fraction of sp³-hybridized carbons (Fsp3) is 0.125. The minimum absolute atomic E-state index is 0.0201. The van der Waals surface area contributed by atoms with Gasteiger partial charge >= 0.3 is 11.9 Å². The van der Waals surface area contributed by atoms with Crippen LogP contribution in [-0.2, 0) is 32.3 Å². The van der Waals surface area contributed by atoms with Crippen molar-refractivity contribution in [3.8, 4) is 17.1 Å². The van der Waals surface area contributed by atoms with Crippen LogP contribution in [0.25, 0.3) is 39.0 Å². The number of esters is 2. The first-order valence-electron chi connectivity index (χ1n) is 16.1. The van der Waals surface area contributed by atoms with Crippen LogP contribution >= 0.6 is 0 Å². The highest BCUT2D eigenvalue weighted by Gasteiger charge is 2.26. The molecule has 0 unspecified atom stereocenters. The number of nitrogens with zero attached hydrogens (tertiary/aromatic N) is 3. The molecule has 2 heterocycles. The number of phenols is 1. The molecule has 1 atom stereocenters. The van der Waals surface area contributed by atoms with Crippen LogP contribution in [0, 0.1) is 0 Å². The van der Waals surface area contributed by atoms with Crippen molar-refractivity contribution in [2.75, 3.05) is 0 Å². The average Bonchev–Trinajstić information content (AvgIpc) is 3.55. The summed E-state index contributed by atoms with van der Waals surface area (Å²) in [6.07, 6.45) is -0.238. The van der Waals surface area contributed by atoms with Gasteiger partial charge in [0.25, 0.3) is 5.91 Å². The largest absolute Gasteiger partial charge is 0.507 e. The molecule has 0 saturated carbocycles. The number of benzene rings is 5. The number of para-hydroxylation sites is 3. The molecule has 0 aliphatic carbocycles. The molecule has 50 heavy (non-hydrogen) atoms. The molecule has 0 fully saturated rings. The van der Waals surface area contributed by atoms with Crippen molar-refractivity contribution in [2.45, 2.75) is 32.1 Å². The second-order valence-electron chi connectivity index (χ2n) is 11.7. The first kappa shape index (κ1) is 32.0. The lowest BCUT2D eigenvalue weighted by atomic mass is 10.1. The smallest absolute Gasteiger partial charge is 0.328 e. The summed E-state index contributed by atoms with van der Waals surface area (Å²) in [4.78, 5) is 49.6. The van der Waals surface area contributed by atoms with Crippen LogP contribution in [0.2, 0.25) is 0 Å². The molecule has 7 aromatic rings. The van der Waals surface area contributed by atoms with E-state index in [1.165, 1.54) is 12.1 Å². The fourth-order valence-electron chi connectivity index (χ4n) is 5.78. The number of hydrogen-bond donors (Lipinski definition) is 2. The van der Waals surface area contributed by atoms with E-state index in [1.807, 2.05) is 114 Å². The number of hydrogen-bond acceptors (Lipinski definition) is 8. The van der Waals surface area contributed by atoms with E-state index in [2.05, 4.69) is 5.32 Å². The van der Waals surface area contributed by atoms with Gasteiger partial charge in [0.15, 0.2) is 0 Å². The molecule has 1 amide bonds. The van der Waals surface area contributed by atoms with Gasteiger partial charge in [0, 0.05) is 17.4 Å². The van der Waals surface area contributed by atoms with Gasteiger partial charge < -0.3 is 19.9 Å². The molecule has 248 valence electrons. The summed E-state index contributed by atoms with van der Waals surface area (Å²) in [5, 5.41) is 14.4. The number of imidazole rings is 1. The zero-order valence-electron chi connectivity index (χ0n) is 26.9. The first-order valence-corrected chi connectivity index (χ1v) is 16.1. The molecule has 10 nitrogen and oxygen atoms in total. The molecule has 0 saturated heterocycles. The fourth-order valence-corrected chi connectivity index (χ4v) is 5.78. The minimum atomic E-state index is -1.21. The number of phenolic OH excluding ortho intramolecular Hbond substituents is 1. The Kier molecular flexibility index (Phi) is 9.15. The molecule has 10 heteroatoms. The topological polar surface area (TPSA) is 132 Å². The van der Waals surface area contributed by atoms with Crippen LogP contribution in [0.15, 0.2) is 127 Å². The third-order valence-corrected chi connectivity index (χ3v) is 8.34. The van der Waals surface area contributed by atoms with Crippen LogP contribution in [0.5, 0.6) is 5.75 Å². The number of aromatic hydroxyl groups is 1. The maximum atomic E-state index is 13.8. The standard InChI is InChI=1S/C40H32N4O6/c45-35-21-19-28(37-41-31-16-8-7-15-29(31)38-42-32-17-9-10-18-34(32)44(37)38)23-30(35)39(47)43-33(40(48)50-25-27-13-5-2-6-14-27)20-22-36(46)49-24-26-11-3-1-4-12-26/h1-19,21,23,33,45H,20,22,24-25H2,(H,43,47)/t33-/m0/s1. The van der Waals surface area contributed by atoms with Crippen LogP contribution in [0.3, 0.4) is 0 Å². The zero-order valence-corrected chi connectivity index (χ0v) is 26.9. The molecular formula is C40H32N4O6. The lowest BCUT2D eigenvalue weighted by molar-refractivity contribution is -0.148. The van der Waals surface area contributed by atoms with E-state index in [0.29, 0.717) is 22.6 Å². The van der Waals surface area contributed by atoms with E-state index in [-0.39, 0.29) is 37.4 Å². The van der Waals surface area contributed by atoms with Gasteiger partial charge in [-0.15, -0.1) is 0 Å². The van der Waals surface area contributed by atoms with Crippen LogP contribution in [0.4, 0.5) is 0 Å². The summed E-state index contributed by atoms with van der Waals surface area (Å²) in [5.74, 6) is -1.76. The molecular weight excluding hydrogens is 632 g/mol. The molecule has 7 rings (SSSR count). The summed E-state index contributed by atoms with van der Waals surface area (Å²) in [7, 11) is 0. The lowest BCUT2D eigenvalue weighted by Gasteiger charge is -2.18. The number of carbonyl (C=O) groups excluding carboxylic acids is 3. The summed E-state index contributed by atoms with van der Waals surface area (Å²) in [6.45, 7) is 0.0613. The highest BCUT2D eigenvalue weighted by Crippen LogP contribution is 2.31. The maximum Gasteiger partial charge on any atom is 0.328 e. The van der Waals surface area contributed by atoms with Crippen molar-refractivity contribution in [2.24, 2.45) is 0 Å². The van der Waals surface area contributed by atoms with Crippen molar-refractivity contribution >= 4 is 45.4 Å². The summed E-state index contributed by atoms with van der Waals surface area (Å²) in [6, 6.07) is 37.1. The Balaban J connectivity index is 1.16. The van der Waals surface area contributed by atoms with Gasteiger partial charge in [-0.1, -0.05) is 84.9 Å². The van der Waals surface area contributed by atoms with E-state index in [4.69, 9.17) is 19.4 Å². The minimum Gasteiger partial charge on any atom is -0.507 e. The Labute approximate surface area is 286 Å². The second-order valence-corrected chi connectivity index (χ2v) is 11.7. The molecule has 5 aromatic carbocycles. The number of fused-ring (bicyclic) bond motifs is 5. The van der Waals surface area contributed by atoms with Crippen molar-refractivity contribution in [1.82, 2.24) is 19.7 Å². The van der Waals surface area contributed by atoms with Gasteiger partial charge in [-0.25, -0.2) is 14.8 Å². The summed E-state index contributed by atoms with van der Waals surface area (Å²) < 4.78 is 12.9. The molecule has 2 aromatic heterocycles.